The Labute approximate surface area is 184 Å². The topological polar surface area (TPSA) is 81.9 Å². The van der Waals surface area contributed by atoms with Crippen LogP contribution in [0.3, 0.4) is 0 Å². The van der Waals surface area contributed by atoms with Crippen LogP contribution in [0.25, 0.3) is 22.2 Å². The number of ether oxygens (including phenoxy) is 1. The van der Waals surface area contributed by atoms with E-state index < -0.39 is 0 Å². The molecule has 0 aliphatic carbocycles. The highest BCUT2D eigenvalue weighted by Crippen LogP contribution is 2.24. The van der Waals surface area contributed by atoms with Crippen LogP contribution in [0.15, 0.2) is 36.8 Å². The molecule has 2 aromatic heterocycles. The lowest BCUT2D eigenvalue weighted by Crippen LogP contribution is -2.47. The molecule has 150 valence electrons. The van der Waals surface area contributed by atoms with Crippen molar-refractivity contribution in [3.05, 3.63) is 42.4 Å². The highest BCUT2D eigenvalue weighted by atomic mass is 16.5. The Morgan fingerprint density at radius 2 is 1.74 bits per heavy atom. The maximum atomic E-state index is 13.2. The number of methoxy groups -OCH3 is 1. The third kappa shape index (κ3) is 3.60. The van der Waals surface area contributed by atoms with Gasteiger partial charge in [0.1, 0.15) is 37.1 Å². The predicted molar refractivity (Wildman–Crippen MR) is 135 cm³/mol. The van der Waals surface area contributed by atoms with Gasteiger partial charge >= 0.3 is 0 Å². The monoisotopic (exact) mass is 407 g/mol. The van der Waals surface area contributed by atoms with Gasteiger partial charge in [0.25, 0.3) is 5.91 Å². The number of aryl methyl sites for hydroxylation is 1. The predicted octanol–water partition coefficient (Wildman–Crippen LogP) is -3.68. The molecule has 0 radical (unpaired) electrons. The molecule has 0 bridgehead atoms. The molecule has 31 heavy (non-hydrogen) atoms. The van der Waals surface area contributed by atoms with Crippen LogP contribution in [-0.4, -0.2) is 64.2 Å². The number of anilines is 1. The zero-order chi connectivity index (χ0) is 22.3. The number of aromatic nitrogens is 4. The first-order valence-corrected chi connectivity index (χ1v) is 10.0. The molecule has 0 aliphatic rings. The molecule has 1 amide bonds. The molecular weight excluding hydrogens is 386 g/mol. The van der Waals surface area contributed by atoms with Crippen molar-refractivity contribution in [1.82, 2.24) is 19.7 Å². The Bertz CT molecular complexity index is 1310. The molecule has 4 rings (SSSR count). The number of nitrogens with zero attached hydrogens (tertiary/aromatic N) is 4. The van der Waals surface area contributed by atoms with E-state index in [0.717, 1.165) is 49.8 Å². The van der Waals surface area contributed by atoms with Gasteiger partial charge in [-0.15, -0.1) is 10.2 Å². The summed E-state index contributed by atoms with van der Waals surface area (Å²) in [6.07, 6.45) is 3.58. The first kappa shape index (κ1) is 20.8. The van der Waals surface area contributed by atoms with E-state index in [0.29, 0.717) is 11.4 Å². The Morgan fingerprint density at radius 1 is 1.03 bits per heavy atom. The van der Waals surface area contributed by atoms with Crippen LogP contribution in [0.4, 0.5) is 5.82 Å². The molecule has 2 aromatic carbocycles. The zero-order valence-electron chi connectivity index (χ0n) is 18.6. The summed E-state index contributed by atoms with van der Waals surface area (Å²) >= 11 is 0. The molecule has 11 heteroatoms. The summed E-state index contributed by atoms with van der Waals surface area (Å²) < 4.78 is 7.49. The van der Waals surface area contributed by atoms with E-state index >= 15 is 0 Å². The molecule has 1 N–H and O–H groups in total. The van der Waals surface area contributed by atoms with Crippen LogP contribution in [0.5, 0.6) is 5.75 Å². The minimum absolute atomic E-state index is 0.208. The lowest BCUT2D eigenvalue weighted by molar-refractivity contribution is 0.102. The summed E-state index contributed by atoms with van der Waals surface area (Å²) in [6, 6.07) is 7.77. The van der Waals surface area contributed by atoms with Gasteiger partial charge in [0.05, 0.1) is 30.8 Å². The molecule has 0 saturated carbocycles. The number of benzene rings is 2. The molecular formula is C20H21B4N5O2. The van der Waals surface area contributed by atoms with Crippen molar-refractivity contribution in [2.75, 3.05) is 12.4 Å². The van der Waals surface area contributed by atoms with Gasteiger partial charge in [-0.3, -0.25) is 4.79 Å². The molecule has 7 nitrogen and oxygen atoms in total. The molecule has 0 aliphatic heterocycles. The number of hydrogen-bond donors (Lipinski definition) is 1. The van der Waals surface area contributed by atoms with E-state index in [-0.39, 0.29) is 5.91 Å². The van der Waals surface area contributed by atoms with Gasteiger partial charge < -0.3 is 14.6 Å². The molecule has 4 aromatic rings. The van der Waals surface area contributed by atoms with Gasteiger partial charge in [-0.05, 0) is 18.2 Å². The molecule has 0 atom stereocenters. The van der Waals surface area contributed by atoms with E-state index in [4.69, 9.17) is 4.74 Å². The van der Waals surface area contributed by atoms with Crippen molar-refractivity contribution in [2.24, 2.45) is 7.05 Å². The number of amides is 1. The second kappa shape index (κ2) is 7.98. The van der Waals surface area contributed by atoms with Gasteiger partial charge in [-0.1, -0.05) is 27.9 Å². The second-order valence-electron chi connectivity index (χ2n) is 7.76. The van der Waals surface area contributed by atoms with Gasteiger partial charge in [0.15, 0.2) is 5.82 Å². The number of carbonyl (C=O) groups excluding carboxylic acids is 1. The van der Waals surface area contributed by atoms with Crippen molar-refractivity contribution in [3.8, 4) is 17.0 Å². The maximum absolute atomic E-state index is 13.2. The third-order valence-electron chi connectivity index (χ3n) is 5.93. The third-order valence-corrected chi connectivity index (χ3v) is 5.93. The van der Waals surface area contributed by atoms with E-state index in [2.05, 4.69) is 20.5 Å². The molecule has 0 spiro atoms. The van der Waals surface area contributed by atoms with Crippen molar-refractivity contribution in [2.45, 2.75) is 0 Å². The number of nitrogens with one attached hydrogen (secondary N) is 1. The van der Waals surface area contributed by atoms with Crippen LogP contribution in [0.1, 0.15) is 10.4 Å². The number of imidazole rings is 1. The summed E-state index contributed by atoms with van der Waals surface area (Å²) in [7, 11) is 11.4. The number of rotatable bonds is 4. The quantitative estimate of drug-likeness (QED) is 0.353. The average molecular weight is 407 g/mol. The number of hydrogen-bond acceptors (Lipinski definition) is 5. The molecule has 0 fully saturated rings. The standard InChI is InChI=1S/C20H21B4N5O2/c1-29-8-25-7-12(29)9-3-4-11-10(5-9)6-13(28-27-11)26-20(30)14-15(21)17(23)19(31-2)18(24)16(14)22/h3-8H,21-24H2,1-2H3,(H,26,28,30). The fourth-order valence-corrected chi connectivity index (χ4v) is 4.00. The Kier molecular flexibility index (Phi) is 5.35. The zero-order valence-corrected chi connectivity index (χ0v) is 18.6. The van der Waals surface area contributed by atoms with Crippen molar-refractivity contribution in [1.29, 1.82) is 0 Å². The summed E-state index contributed by atoms with van der Waals surface area (Å²) in [5.41, 5.74) is 7.12. The van der Waals surface area contributed by atoms with E-state index in [9.17, 15) is 4.79 Å². The first-order valence-electron chi connectivity index (χ1n) is 10.0. The van der Waals surface area contributed by atoms with Crippen LogP contribution in [0, 0.1) is 0 Å². The summed E-state index contributed by atoms with van der Waals surface area (Å²) in [5, 5.41) is 12.3. The number of carbonyl (C=O) groups is 1. The minimum Gasteiger partial charge on any atom is -0.498 e. The van der Waals surface area contributed by atoms with Crippen LogP contribution in [0.2, 0.25) is 0 Å². The van der Waals surface area contributed by atoms with E-state index in [1.54, 1.807) is 13.4 Å². The molecule has 0 unspecified atom stereocenters. The van der Waals surface area contributed by atoms with E-state index in [1.807, 2.05) is 73.5 Å². The highest BCUT2D eigenvalue weighted by Gasteiger charge is 2.20. The van der Waals surface area contributed by atoms with Gasteiger partial charge in [0.2, 0.25) is 0 Å². The largest absolute Gasteiger partial charge is 0.498 e. The Hall–Kier alpha value is -3.48. The van der Waals surface area contributed by atoms with Crippen molar-refractivity contribution < 1.29 is 9.53 Å². The fraction of sp³-hybridized carbons (Fsp3) is 0.100. The normalized spacial score (nSPS) is 10.9. The van der Waals surface area contributed by atoms with Gasteiger partial charge in [-0.2, -0.15) is 0 Å². The van der Waals surface area contributed by atoms with E-state index in [1.165, 1.54) is 0 Å². The fourth-order valence-electron chi connectivity index (χ4n) is 4.00. The summed E-state index contributed by atoms with van der Waals surface area (Å²) in [4.78, 5) is 17.3. The first-order chi connectivity index (χ1) is 14.8. The minimum atomic E-state index is -0.208. The van der Waals surface area contributed by atoms with Crippen molar-refractivity contribution >= 4 is 75.9 Å². The van der Waals surface area contributed by atoms with Gasteiger partial charge in [0, 0.05) is 23.6 Å². The lowest BCUT2D eigenvalue weighted by atomic mass is 9.66. The second-order valence-corrected chi connectivity index (χ2v) is 7.76. The average Bonchev–Trinajstić information content (AvgIpc) is 3.18. The van der Waals surface area contributed by atoms with Crippen LogP contribution < -0.4 is 31.9 Å². The Balaban J connectivity index is 1.70. The smallest absolute Gasteiger partial charge is 0.255 e. The summed E-state index contributed by atoms with van der Waals surface area (Å²) in [6.45, 7) is 0. The highest BCUT2D eigenvalue weighted by molar-refractivity contribution is 6.61. The number of fused-ring (bicyclic) bond motifs is 1. The molecule has 0 saturated heterocycles. The Morgan fingerprint density at radius 3 is 2.35 bits per heavy atom. The molecule has 2 heterocycles. The van der Waals surface area contributed by atoms with Gasteiger partial charge in [-0.25, -0.2) is 4.98 Å². The maximum Gasteiger partial charge on any atom is 0.255 e. The van der Waals surface area contributed by atoms with Crippen LogP contribution >= 0.6 is 0 Å². The summed E-state index contributed by atoms with van der Waals surface area (Å²) in [5.74, 6) is 1.02. The van der Waals surface area contributed by atoms with Crippen molar-refractivity contribution in [3.63, 3.8) is 0 Å². The lowest BCUT2D eigenvalue weighted by Gasteiger charge is -2.20. The SMILES string of the molecule is Bc1c(B)c(C(=O)Nc2cc3cc(-c4cncn4C)ccc3nn2)c(B)c(B)c1OC. The van der Waals surface area contributed by atoms with Crippen LogP contribution in [-0.2, 0) is 7.05 Å².